The lowest BCUT2D eigenvalue weighted by molar-refractivity contribution is -0.132. The van der Waals surface area contributed by atoms with Gasteiger partial charge in [0.1, 0.15) is 0 Å². The maximum Gasteiger partial charge on any atom is 0.222 e. The molecule has 0 radical (unpaired) electrons. The van der Waals surface area contributed by atoms with Crippen molar-refractivity contribution < 1.29 is 14.3 Å². The van der Waals surface area contributed by atoms with Crippen LogP contribution in [0.2, 0.25) is 0 Å². The van der Waals surface area contributed by atoms with E-state index in [1.54, 1.807) is 7.11 Å². The molecular formula is C24H39IN4O3. The van der Waals surface area contributed by atoms with Crippen LogP contribution in [0.15, 0.2) is 29.3 Å². The molecule has 1 N–H and O–H groups in total. The first-order chi connectivity index (χ1) is 15.2. The van der Waals surface area contributed by atoms with Crippen molar-refractivity contribution in [2.24, 2.45) is 4.99 Å². The fraction of sp³-hybridized carbons (Fsp3) is 0.667. The number of methoxy groups -OCH3 is 1. The van der Waals surface area contributed by atoms with Gasteiger partial charge in [-0.15, -0.1) is 24.0 Å². The van der Waals surface area contributed by atoms with Gasteiger partial charge in [0, 0.05) is 66.5 Å². The van der Waals surface area contributed by atoms with Crippen molar-refractivity contribution in [1.29, 1.82) is 0 Å². The van der Waals surface area contributed by atoms with Gasteiger partial charge in [-0.3, -0.25) is 9.79 Å². The summed E-state index contributed by atoms with van der Waals surface area (Å²) in [6, 6.07) is 8.43. The number of likely N-dealkylation sites (tertiary alicyclic amines) is 1. The van der Waals surface area contributed by atoms with Crippen molar-refractivity contribution in [1.82, 2.24) is 15.1 Å². The lowest BCUT2D eigenvalue weighted by Crippen LogP contribution is -2.47. The van der Waals surface area contributed by atoms with E-state index in [4.69, 9.17) is 9.47 Å². The van der Waals surface area contributed by atoms with E-state index in [0.717, 1.165) is 84.0 Å². The van der Waals surface area contributed by atoms with Gasteiger partial charge in [0.25, 0.3) is 0 Å². The number of nitrogens with one attached hydrogen (secondary N) is 1. The van der Waals surface area contributed by atoms with Crippen LogP contribution in [0.1, 0.15) is 43.2 Å². The molecule has 8 heteroatoms. The monoisotopic (exact) mass is 558 g/mol. The van der Waals surface area contributed by atoms with Gasteiger partial charge in [-0.1, -0.05) is 24.3 Å². The number of ether oxygens (including phenoxy) is 2. The van der Waals surface area contributed by atoms with Gasteiger partial charge < -0.3 is 24.6 Å². The lowest BCUT2D eigenvalue weighted by atomic mass is 9.99. The third kappa shape index (κ3) is 8.19. The quantitative estimate of drug-likeness (QED) is 0.219. The van der Waals surface area contributed by atoms with Gasteiger partial charge in [0.15, 0.2) is 5.96 Å². The molecule has 1 aromatic carbocycles. The molecular weight excluding hydrogens is 519 g/mol. The molecule has 0 saturated carbocycles. The van der Waals surface area contributed by atoms with E-state index >= 15 is 0 Å². The Kier molecular flexibility index (Phi) is 12.3. The smallest absolute Gasteiger partial charge is 0.222 e. The number of carbonyl (C=O) groups is 1. The largest absolute Gasteiger partial charge is 0.385 e. The average molecular weight is 559 g/mol. The van der Waals surface area contributed by atoms with E-state index in [9.17, 15) is 4.79 Å². The Morgan fingerprint density at radius 2 is 1.84 bits per heavy atom. The number of guanidine groups is 1. The normalized spacial score (nSPS) is 17.0. The van der Waals surface area contributed by atoms with Crippen LogP contribution < -0.4 is 5.32 Å². The molecule has 180 valence electrons. The summed E-state index contributed by atoms with van der Waals surface area (Å²) >= 11 is 0. The first-order valence-electron chi connectivity index (χ1n) is 11.6. The second-order valence-corrected chi connectivity index (χ2v) is 8.32. The second kappa shape index (κ2) is 14.7. The Morgan fingerprint density at radius 1 is 1.09 bits per heavy atom. The predicted octanol–water partition coefficient (Wildman–Crippen LogP) is 3.06. The molecule has 0 spiro atoms. The van der Waals surface area contributed by atoms with Crippen molar-refractivity contribution in [3.63, 3.8) is 0 Å². The van der Waals surface area contributed by atoms with Gasteiger partial charge >= 0.3 is 0 Å². The fourth-order valence-corrected chi connectivity index (χ4v) is 4.33. The van der Waals surface area contributed by atoms with Crippen LogP contribution in [0.3, 0.4) is 0 Å². The number of hydrogen-bond donors (Lipinski definition) is 1. The SMILES string of the molecule is CN=C(NCCCC(=O)N1CCc2ccccc2C1)N1CCC(OCCCOC)CC1.I. The van der Waals surface area contributed by atoms with Crippen LogP contribution in [0.25, 0.3) is 0 Å². The first-order valence-corrected chi connectivity index (χ1v) is 11.6. The summed E-state index contributed by atoms with van der Waals surface area (Å²) < 4.78 is 11.0. The van der Waals surface area contributed by atoms with Crippen molar-refractivity contribution >= 4 is 35.8 Å². The van der Waals surface area contributed by atoms with E-state index < -0.39 is 0 Å². The zero-order valence-corrected chi connectivity index (χ0v) is 21.9. The Morgan fingerprint density at radius 3 is 2.56 bits per heavy atom. The summed E-state index contributed by atoms with van der Waals surface area (Å²) in [5.41, 5.74) is 2.66. The Bertz CT molecular complexity index is 723. The summed E-state index contributed by atoms with van der Waals surface area (Å²) in [6.07, 6.45) is 5.66. The second-order valence-electron chi connectivity index (χ2n) is 8.32. The Labute approximate surface area is 209 Å². The number of carbonyl (C=O) groups excluding carboxylic acids is 1. The molecule has 0 aromatic heterocycles. The highest BCUT2D eigenvalue weighted by Crippen LogP contribution is 2.19. The molecule has 1 amide bonds. The van der Waals surface area contributed by atoms with Crippen LogP contribution in [-0.2, 0) is 27.2 Å². The molecule has 2 aliphatic rings. The summed E-state index contributed by atoms with van der Waals surface area (Å²) in [4.78, 5) is 21.3. The molecule has 7 nitrogen and oxygen atoms in total. The molecule has 32 heavy (non-hydrogen) atoms. The molecule has 2 aliphatic heterocycles. The minimum atomic E-state index is 0. The molecule has 3 rings (SSSR count). The van der Waals surface area contributed by atoms with Crippen molar-refractivity contribution in [3.8, 4) is 0 Å². The highest BCUT2D eigenvalue weighted by atomic mass is 127. The Balaban J connectivity index is 0.00000363. The lowest BCUT2D eigenvalue weighted by Gasteiger charge is -2.34. The number of hydrogen-bond acceptors (Lipinski definition) is 4. The molecule has 1 aromatic rings. The zero-order chi connectivity index (χ0) is 21.9. The summed E-state index contributed by atoms with van der Waals surface area (Å²) in [5.74, 6) is 1.18. The van der Waals surface area contributed by atoms with Gasteiger partial charge in [0.2, 0.25) is 5.91 Å². The molecule has 1 fully saturated rings. The fourth-order valence-electron chi connectivity index (χ4n) is 4.33. The number of fused-ring (bicyclic) bond motifs is 1. The number of aliphatic imine (C=N–C) groups is 1. The van der Waals surface area contributed by atoms with E-state index in [-0.39, 0.29) is 29.9 Å². The summed E-state index contributed by atoms with van der Waals surface area (Å²) in [5, 5.41) is 3.44. The van der Waals surface area contributed by atoms with Crippen LogP contribution in [0, 0.1) is 0 Å². The minimum Gasteiger partial charge on any atom is -0.385 e. The number of rotatable bonds is 9. The molecule has 0 atom stereocenters. The maximum absolute atomic E-state index is 12.6. The minimum absolute atomic E-state index is 0. The van der Waals surface area contributed by atoms with Crippen LogP contribution in [0.5, 0.6) is 0 Å². The number of nitrogens with zero attached hydrogens (tertiary/aromatic N) is 3. The van der Waals surface area contributed by atoms with Crippen molar-refractivity contribution in [2.75, 3.05) is 53.6 Å². The number of piperidine rings is 1. The molecule has 0 bridgehead atoms. The van der Waals surface area contributed by atoms with Crippen LogP contribution >= 0.6 is 24.0 Å². The molecule has 1 saturated heterocycles. The van der Waals surface area contributed by atoms with Gasteiger partial charge in [-0.05, 0) is 43.2 Å². The highest BCUT2D eigenvalue weighted by molar-refractivity contribution is 14.0. The highest BCUT2D eigenvalue weighted by Gasteiger charge is 2.22. The van der Waals surface area contributed by atoms with Gasteiger partial charge in [-0.25, -0.2) is 0 Å². The van der Waals surface area contributed by atoms with E-state index in [1.807, 2.05) is 11.9 Å². The van der Waals surface area contributed by atoms with Crippen molar-refractivity contribution in [3.05, 3.63) is 35.4 Å². The molecule has 0 aliphatic carbocycles. The van der Waals surface area contributed by atoms with Gasteiger partial charge in [-0.2, -0.15) is 0 Å². The number of halogens is 1. The number of benzene rings is 1. The zero-order valence-electron chi connectivity index (χ0n) is 19.6. The predicted molar refractivity (Wildman–Crippen MR) is 139 cm³/mol. The topological polar surface area (TPSA) is 66.4 Å². The average Bonchev–Trinajstić information content (AvgIpc) is 2.82. The van der Waals surface area contributed by atoms with Crippen LogP contribution in [-0.4, -0.2) is 81.3 Å². The maximum atomic E-state index is 12.6. The van der Waals surface area contributed by atoms with Crippen molar-refractivity contribution in [2.45, 2.75) is 51.2 Å². The summed E-state index contributed by atoms with van der Waals surface area (Å²) in [6.45, 7) is 5.74. The third-order valence-electron chi connectivity index (χ3n) is 6.13. The molecule has 0 unspecified atom stereocenters. The standard InChI is InChI=1S/C24H38N4O3.HI/c1-25-24(27-15-11-22(12-16-27)31-18-6-17-30-2)26-13-5-9-23(29)28-14-10-20-7-3-4-8-21(20)19-28;/h3-4,7-8,22H,5-6,9-19H2,1-2H3,(H,25,26);1H. The summed E-state index contributed by atoms with van der Waals surface area (Å²) in [7, 11) is 3.55. The molecule has 2 heterocycles. The van der Waals surface area contributed by atoms with E-state index in [2.05, 4.69) is 39.5 Å². The van der Waals surface area contributed by atoms with Crippen LogP contribution in [0.4, 0.5) is 0 Å². The Hall–Kier alpha value is -1.39. The third-order valence-corrected chi connectivity index (χ3v) is 6.13. The number of amides is 1. The van der Waals surface area contributed by atoms with E-state index in [0.29, 0.717) is 12.5 Å². The first kappa shape index (κ1) is 26.9. The van der Waals surface area contributed by atoms with E-state index in [1.165, 1.54) is 11.1 Å². The van der Waals surface area contributed by atoms with Gasteiger partial charge in [0.05, 0.1) is 6.10 Å².